The van der Waals surface area contributed by atoms with E-state index in [2.05, 4.69) is 79.6 Å². The highest BCUT2D eigenvalue weighted by molar-refractivity contribution is 7.80. The van der Waals surface area contributed by atoms with Gasteiger partial charge in [-0.1, -0.05) is 65.3 Å². The lowest BCUT2D eigenvalue weighted by Crippen LogP contribution is -2.54. The van der Waals surface area contributed by atoms with Gasteiger partial charge in [-0.2, -0.15) is 0 Å². The normalized spacial score (nSPS) is 26.3. The van der Waals surface area contributed by atoms with Crippen LogP contribution in [0.1, 0.15) is 120 Å². The van der Waals surface area contributed by atoms with Gasteiger partial charge in [-0.3, -0.25) is 10.6 Å². The molecule has 0 radical (unpaired) electrons. The molecule has 0 spiro atoms. The van der Waals surface area contributed by atoms with Crippen LogP contribution >= 0.6 is 12.6 Å². The zero-order chi connectivity index (χ0) is 40.6. The molecule has 0 amide bonds. The number of nitrogens with zero attached hydrogens (tertiary/aromatic N) is 1. The SMILES string of the molecule is CC[C@H](OC(O)C(C)C(O)[C@@H](C)C(O[C@H]1CC(N(C)C)CC(C)O1)C(C)(O)CC(C)C)C(C)C(O)[C@@H](C)NCCCNC(S)NCCCC1=CC=CCC1. The smallest absolute Gasteiger partial charge is 0.159 e. The molecule has 2 aliphatic rings. The summed E-state index contributed by atoms with van der Waals surface area (Å²) >= 11 is 4.62. The predicted molar refractivity (Wildman–Crippen MR) is 223 cm³/mol. The summed E-state index contributed by atoms with van der Waals surface area (Å²) in [5.41, 5.74) is 0.202. The van der Waals surface area contributed by atoms with E-state index >= 15 is 0 Å². The zero-order valence-corrected chi connectivity index (χ0v) is 36.6. The lowest BCUT2D eigenvalue weighted by Gasteiger charge is -2.45. The minimum absolute atomic E-state index is 0.00459. The van der Waals surface area contributed by atoms with Crippen LogP contribution in [0.25, 0.3) is 0 Å². The fourth-order valence-electron chi connectivity index (χ4n) is 8.19. The van der Waals surface area contributed by atoms with Crippen molar-refractivity contribution in [1.29, 1.82) is 0 Å². The van der Waals surface area contributed by atoms with E-state index in [-0.39, 0.29) is 35.5 Å². The fourth-order valence-corrected chi connectivity index (χ4v) is 8.44. The van der Waals surface area contributed by atoms with E-state index in [0.29, 0.717) is 19.3 Å². The van der Waals surface area contributed by atoms with E-state index in [4.69, 9.17) is 14.2 Å². The van der Waals surface area contributed by atoms with Crippen LogP contribution in [0.4, 0.5) is 0 Å². The highest BCUT2D eigenvalue weighted by Gasteiger charge is 2.45. The molecule has 7 N–H and O–H groups in total. The first-order valence-corrected chi connectivity index (χ1v) is 21.5. The second kappa shape index (κ2) is 25.0. The van der Waals surface area contributed by atoms with E-state index in [1.807, 2.05) is 34.6 Å². The number of aliphatic hydroxyl groups excluding tert-OH is 3. The third kappa shape index (κ3) is 17.1. The van der Waals surface area contributed by atoms with Gasteiger partial charge in [0.1, 0.15) is 5.50 Å². The molecule has 1 saturated heterocycles. The number of hydrogen-bond donors (Lipinski definition) is 8. The molecule has 0 aromatic carbocycles. The topological polar surface area (TPSA) is 148 Å². The Bertz CT molecular complexity index is 1080. The van der Waals surface area contributed by atoms with Gasteiger partial charge in [-0.15, -0.1) is 12.6 Å². The molecule has 0 bridgehead atoms. The Labute approximate surface area is 334 Å². The molecule has 11 nitrogen and oxygen atoms in total. The average Bonchev–Trinajstić information content (AvgIpc) is 3.12. The van der Waals surface area contributed by atoms with Crippen molar-refractivity contribution in [3.63, 3.8) is 0 Å². The highest BCUT2D eigenvalue weighted by Crippen LogP contribution is 2.36. The van der Waals surface area contributed by atoms with Crippen molar-refractivity contribution < 1.29 is 34.6 Å². The number of aliphatic hydroxyl groups is 4. The summed E-state index contributed by atoms with van der Waals surface area (Å²) in [5, 5.41) is 56.3. The molecule has 12 heteroatoms. The molecule has 2 rings (SSSR count). The Balaban J connectivity index is 1.88. The maximum Gasteiger partial charge on any atom is 0.159 e. The van der Waals surface area contributed by atoms with Crippen molar-refractivity contribution in [3.8, 4) is 0 Å². The first-order chi connectivity index (χ1) is 25.4. The number of rotatable bonds is 27. The predicted octanol–water partition coefficient (Wildman–Crippen LogP) is 5.19. The van der Waals surface area contributed by atoms with Gasteiger partial charge >= 0.3 is 0 Å². The molecule has 1 fully saturated rings. The Morgan fingerprint density at radius 2 is 1.59 bits per heavy atom. The molecule has 1 aliphatic carbocycles. The monoisotopic (exact) mass is 787 g/mol. The molecular weight excluding hydrogens is 705 g/mol. The molecule has 10 unspecified atom stereocenters. The van der Waals surface area contributed by atoms with Gasteiger partial charge in [0.2, 0.25) is 0 Å². The molecule has 0 aromatic rings. The van der Waals surface area contributed by atoms with Gasteiger partial charge in [0, 0.05) is 36.3 Å². The molecule has 1 aliphatic heterocycles. The van der Waals surface area contributed by atoms with Crippen molar-refractivity contribution in [2.24, 2.45) is 23.7 Å². The fraction of sp³-hybridized carbons (Fsp3) is 0.905. The van der Waals surface area contributed by atoms with Crippen molar-refractivity contribution in [1.82, 2.24) is 20.9 Å². The summed E-state index contributed by atoms with van der Waals surface area (Å²) < 4.78 is 19.0. The van der Waals surface area contributed by atoms with E-state index in [9.17, 15) is 20.4 Å². The van der Waals surface area contributed by atoms with Crippen molar-refractivity contribution in [2.75, 3.05) is 33.7 Å². The molecule has 14 atom stereocenters. The average molecular weight is 787 g/mol. The van der Waals surface area contributed by atoms with Crippen molar-refractivity contribution >= 4 is 12.6 Å². The van der Waals surface area contributed by atoms with Crippen LogP contribution in [-0.4, -0.2) is 125 Å². The molecule has 318 valence electrons. The molecule has 0 saturated carbocycles. The molecular formula is C42H82N4O7S. The Morgan fingerprint density at radius 3 is 2.19 bits per heavy atom. The van der Waals surface area contributed by atoms with E-state index in [1.165, 1.54) is 12.0 Å². The van der Waals surface area contributed by atoms with Gasteiger partial charge in [-0.05, 0) is 112 Å². The number of hydrogen-bond acceptors (Lipinski definition) is 12. The van der Waals surface area contributed by atoms with Crippen LogP contribution in [0, 0.1) is 23.7 Å². The minimum atomic E-state index is -1.29. The van der Waals surface area contributed by atoms with Crippen molar-refractivity contribution in [3.05, 3.63) is 23.8 Å². The quantitative estimate of drug-likeness (QED) is 0.0317. The number of allylic oxidation sites excluding steroid dienone is 4. The third-order valence-corrected chi connectivity index (χ3v) is 11.9. The van der Waals surface area contributed by atoms with Gasteiger partial charge in [0.05, 0.1) is 36.1 Å². The minimum Gasteiger partial charge on any atom is -0.392 e. The van der Waals surface area contributed by atoms with Crippen LogP contribution in [0.5, 0.6) is 0 Å². The second-order valence-corrected chi connectivity index (χ2v) is 17.8. The van der Waals surface area contributed by atoms with E-state index < -0.39 is 54.4 Å². The van der Waals surface area contributed by atoms with Crippen LogP contribution in [0.2, 0.25) is 0 Å². The number of nitrogens with one attached hydrogen (secondary N) is 3. The summed E-state index contributed by atoms with van der Waals surface area (Å²) in [6.07, 6.45) is 9.83. The highest BCUT2D eigenvalue weighted by atomic mass is 32.1. The first-order valence-electron chi connectivity index (χ1n) is 21.0. The summed E-state index contributed by atoms with van der Waals surface area (Å²) in [4.78, 5) is 2.18. The Morgan fingerprint density at radius 1 is 0.944 bits per heavy atom. The summed E-state index contributed by atoms with van der Waals surface area (Å²) in [7, 11) is 4.10. The molecule has 0 aromatic heterocycles. The number of ether oxygens (including phenoxy) is 3. The summed E-state index contributed by atoms with van der Waals surface area (Å²) in [6.45, 7) is 19.8. The lowest BCUT2D eigenvalue weighted by molar-refractivity contribution is -0.271. The second-order valence-electron chi connectivity index (χ2n) is 17.3. The molecule has 54 heavy (non-hydrogen) atoms. The van der Waals surface area contributed by atoms with Gasteiger partial charge < -0.3 is 44.9 Å². The van der Waals surface area contributed by atoms with Crippen LogP contribution in [0.15, 0.2) is 23.8 Å². The molecule has 1 heterocycles. The van der Waals surface area contributed by atoms with E-state index in [1.54, 1.807) is 13.8 Å². The van der Waals surface area contributed by atoms with Crippen molar-refractivity contribution in [2.45, 2.75) is 186 Å². The summed E-state index contributed by atoms with van der Waals surface area (Å²) in [6, 6.07) is 0.0854. The maximum absolute atomic E-state index is 11.8. The van der Waals surface area contributed by atoms with Crippen LogP contribution in [-0.2, 0) is 14.2 Å². The number of thiol groups is 1. The van der Waals surface area contributed by atoms with E-state index in [0.717, 1.165) is 51.7 Å². The van der Waals surface area contributed by atoms with Crippen LogP contribution in [0.3, 0.4) is 0 Å². The van der Waals surface area contributed by atoms with Gasteiger partial charge in [-0.25, -0.2) is 0 Å². The Hall–Kier alpha value is -0.610. The first kappa shape index (κ1) is 49.5. The Kier molecular flexibility index (Phi) is 22.9. The van der Waals surface area contributed by atoms with Gasteiger partial charge in [0.15, 0.2) is 12.6 Å². The summed E-state index contributed by atoms with van der Waals surface area (Å²) in [5.74, 6) is -1.33. The standard InChI is InChI=1S/C42H82N4O7S/c1-12-35(29(5)38(48)32(8)43-22-17-23-45-41(54)44-21-16-20-33-18-14-13-15-19-33)52-40(49)31(7)37(47)30(6)39(42(9,50)26-27(2)3)53-36-25-34(46(10)11)24-28(4)51-36/h13-14,18,27-32,34-41,43-45,47-50,54H,12,15-17,19-26H2,1-11H3/t28?,29?,30-,31?,32-,34?,35+,36+,37?,38?,39?,40?,41?,42?/m1/s1. The third-order valence-electron chi connectivity index (χ3n) is 11.5. The largest absolute Gasteiger partial charge is 0.392 e. The lowest BCUT2D eigenvalue weighted by atomic mass is 9.78. The zero-order valence-electron chi connectivity index (χ0n) is 35.7. The van der Waals surface area contributed by atoms with Gasteiger partial charge in [0.25, 0.3) is 0 Å². The van der Waals surface area contributed by atoms with Crippen LogP contribution < -0.4 is 16.0 Å². The maximum atomic E-state index is 11.8.